The Bertz CT molecular complexity index is 1480. The third-order valence-corrected chi connectivity index (χ3v) is 12.8. The minimum Gasteiger partial charge on any atom is -0.0839 e. The first-order chi connectivity index (χ1) is 18.4. The van der Waals surface area contributed by atoms with Crippen molar-refractivity contribution < 1.29 is 0 Å². The second kappa shape index (κ2) is 7.24. The molecule has 38 heavy (non-hydrogen) atoms. The van der Waals surface area contributed by atoms with Crippen LogP contribution in [0.3, 0.4) is 0 Å². The van der Waals surface area contributed by atoms with Gasteiger partial charge >= 0.3 is 0 Å². The first-order valence-electron chi connectivity index (χ1n) is 15.8. The Hall–Kier alpha value is -2.34. The van der Waals surface area contributed by atoms with Gasteiger partial charge in [-0.3, -0.25) is 0 Å². The van der Waals surface area contributed by atoms with Crippen molar-refractivity contribution in [1.82, 2.24) is 0 Å². The van der Waals surface area contributed by atoms with Crippen molar-refractivity contribution in [1.29, 1.82) is 0 Å². The van der Waals surface area contributed by atoms with Gasteiger partial charge in [-0.05, 0) is 142 Å². The van der Waals surface area contributed by atoms with Gasteiger partial charge in [-0.1, -0.05) is 81.9 Å². The van der Waals surface area contributed by atoms with E-state index in [2.05, 4.69) is 76.3 Å². The molecule has 0 bridgehead atoms. The molecule has 0 aromatic rings. The summed E-state index contributed by atoms with van der Waals surface area (Å²) in [6.45, 7) is 10.4. The molecule has 0 heteroatoms. The highest BCUT2D eigenvalue weighted by Gasteiger charge is 2.61. The summed E-state index contributed by atoms with van der Waals surface area (Å²) in [5.41, 5.74) is 17.9. The van der Waals surface area contributed by atoms with Crippen molar-refractivity contribution in [3.05, 3.63) is 104 Å². The minimum atomic E-state index is 0.164. The van der Waals surface area contributed by atoms with E-state index in [4.69, 9.17) is 0 Å². The number of allylic oxidation sites excluding steroid dienone is 18. The smallest absolute Gasteiger partial charge is 0.0117 e. The van der Waals surface area contributed by atoms with Gasteiger partial charge in [0.15, 0.2) is 0 Å². The van der Waals surface area contributed by atoms with Crippen molar-refractivity contribution >= 4 is 0 Å². The third-order valence-electron chi connectivity index (χ3n) is 12.8. The molecule has 9 rings (SSSR count). The largest absolute Gasteiger partial charge is 0.0839 e. The van der Waals surface area contributed by atoms with Crippen molar-refractivity contribution in [3.63, 3.8) is 0 Å². The van der Waals surface area contributed by atoms with Gasteiger partial charge in [0.25, 0.3) is 0 Å². The molecule has 6 unspecified atom stereocenters. The molecule has 0 amide bonds. The minimum absolute atomic E-state index is 0.164. The van der Waals surface area contributed by atoms with Crippen molar-refractivity contribution in [3.8, 4) is 0 Å². The van der Waals surface area contributed by atoms with Crippen molar-refractivity contribution in [2.75, 3.05) is 0 Å². The lowest BCUT2D eigenvalue weighted by atomic mass is 9.59. The van der Waals surface area contributed by atoms with Crippen LogP contribution in [-0.4, -0.2) is 0 Å². The summed E-state index contributed by atoms with van der Waals surface area (Å²) in [7, 11) is 0. The molecule has 0 spiro atoms. The number of hydrogen-bond acceptors (Lipinski definition) is 0. The van der Waals surface area contributed by atoms with Crippen LogP contribution in [0.15, 0.2) is 104 Å². The summed E-state index contributed by atoms with van der Waals surface area (Å²) in [6.07, 6.45) is 30.8. The van der Waals surface area contributed by atoms with Gasteiger partial charge in [0.1, 0.15) is 0 Å². The number of fused-ring (bicyclic) bond motifs is 7. The summed E-state index contributed by atoms with van der Waals surface area (Å²) >= 11 is 0. The van der Waals surface area contributed by atoms with Crippen molar-refractivity contribution in [2.45, 2.75) is 79.1 Å². The first-order valence-corrected chi connectivity index (χ1v) is 15.8. The van der Waals surface area contributed by atoms with Crippen LogP contribution >= 0.6 is 0 Å². The van der Waals surface area contributed by atoms with E-state index in [-0.39, 0.29) is 10.8 Å². The van der Waals surface area contributed by atoms with E-state index in [0.717, 1.165) is 11.8 Å². The summed E-state index contributed by atoms with van der Waals surface area (Å²) in [4.78, 5) is 0. The standard InChI is InChI=1S/C38H42/c1-37(2)29-19-17-27-33-25-11-6-5-8-21(25)15-18-28(33)38(3,4)36(27)35(29)34-26-16-14-23-10-7-9-22-12-13-24(20-30(34)37)32(26)31(22)23/h6-7,9,11,15,17-19,23-24,27-28,33,36H,5,8,10,12-14,16,20H2,1-4H3. The third kappa shape index (κ3) is 2.55. The maximum atomic E-state index is 2.69. The Balaban J connectivity index is 1.25. The molecule has 194 valence electrons. The molecule has 0 saturated heterocycles. The molecule has 1 saturated carbocycles. The van der Waals surface area contributed by atoms with Crippen LogP contribution in [0.25, 0.3) is 0 Å². The normalized spacial score (nSPS) is 40.3. The Labute approximate surface area is 229 Å². The van der Waals surface area contributed by atoms with E-state index >= 15 is 0 Å². The average Bonchev–Trinajstić information content (AvgIpc) is 3.31. The molecule has 9 aliphatic carbocycles. The lowest BCUT2D eigenvalue weighted by Gasteiger charge is -2.45. The van der Waals surface area contributed by atoms with Crippen LogP contribution in [0.1, 0.15) is 79.1 Å². The van der Waals surface area contributed by atoms with Gasteiger partial charge in [0.05, 0.1) is 0 Å². The Kier molecular flexibility index (Phi) is 4.28. The van der Waals surface area contributed by atoms with Crippen LogP contribution in [0.2, 0.25) is 0 Å². The molecule has 0 aliphatic heterocycles. The molecule has 6 atom stereocenters. The predicted octanol–water partition coefficient (Wildman–Crippen LogP) is 9.69. The highest BCUT2D eigenvalue weighted by atomic mass is 14.6. The molecule has 0 aromatic carbocycles. The molecule has 0 N–H and O–H groups in total. The SMILES string of the molecule is CC1(C)C2=C(C3=C1CC1CCC4=C5C1=C3CCC5CC=C4)C1C(C=C2)C2C3=C(C=CC2C1(C)C)CCC=C3. The zero-order valence-corrected chi connectivity index (χ0v) is 23.7. The van der Waals surface area contributed by atoms with Crippen LogP contribution < -0.4 is 0 Å². The summed E-state index contributed by atoms with van der Waals surface area (Å²) in [5, 5.41) is 0. The molecule has 0 radical (unpaired) electrons. The van der Waals surface area contributed by atoms with Gasteiger partial charge < -0.3 is 0 Å². The van der Waals surface area contributed by atoms with Crippen LogP contribution in [0, 0.1) is 46.3 Å². The summed E-state index contributed by atoms with van der Waals surface area (Å²) in [6, 6.07) is 0. The molecular formula is C38H42. The monoisotopic (exact) mass is 498 g/mol. The van der Waals surface area contributed by atoms with Gasteiger partial charge in [-0.15, -0.1) is 0 Å². The molecule has 0 aromatic heterocycles. The highest BCUT2D eigenvalue weighted by molar-refractivity contribution is 5.72. The maximum Gasteiger partial charge on any atom is 0.0117 e. The number of hydrogen-bond donors (Lipinski definition) is 0. The zero-order chi connectivity index (χ0) is 25.6. The van der Waals surface area contributed by atoms with Crippen LogP contribution in [-0.2, 0) is 0 Å². The fourth-order valence-electron chi connectivity index (χ4n) is 11.2. The maximum absolute atomic E-state index is 2.69. The van der Waals surface area contributed by atoms with Crippen molar-refractivity contribution in [2.24, 2.45) is 46.3 Å². The zero-order valence-electron chi connectivity index (χ0n) is 23.7. The van der Waals surface area contributed by atoms with Gasteiger partial charge in [-0.2, -0.15) is 0 Å². The van der Waals surface area contributed by atoms with E-state index in [9.17, 15) is 0 Å². The molecule has 1 fully saturated rings. The second-order valence-corrected chi connectivity index (χ2v) is 15.0. The van der Waals surface area contributed by atoms with Gasteiger partial charge in [-0.25, -0.2) is 0 Å². The summed E-state index contributed by atoms with van der Waals surface area (Å²) in [5.74, 6) is 4.05. The van der Waals surface area contributed by atoms with Gasteiger partial charge in [0.2, 0.25) is 0 Å². The van der Waals surface area contributed by atoms with E-state index < -0.39 is 0 Å². The van der Waals surface area contributed by atoms with E-state index in [1.807, 2.05) is 16.7 Å². The Morgan fingerprint density at radius 3 is 2.53 bits per heavy atom. The quantitative estimate of drug-likeness (QED) is 0.312. The molecule has 9 aliphatic rings. The first kappa shape index (κ1) is 22.5. The van der Waals surface area contributed by atoms with Crippen LogP contribution in [0.4, 0.5) is 0 Å². The highest BCUT2D eigenvalue weighted by Crippen LogP contribution is 2.70. The molecular weight excluding hydrogens is 456 g/mol. The van der Waals surface area contributed by atoms with Crippen LogP contribution in [0.5, 0.6) is 0 Å². The van der Waals surface area contributed by atoms with E-state index in [1.165, 1.54) is 51.4 Å². The summed E-state index contributed by atoms with van der Waals surface area (Å²) < 4.78 is 0. The second-order valence-electron chi connectivity index (χ2n) is 15.0. The Morgan fingerprint density at radius 2 is 1.63 bits per heavy atom. The number of rotatable bonds is 0. The van der Waals surface area contributed by atoms with E-state index in [1.54, 1.807) is 39.0 Å². The van der Waals surface area contributed by atoms with Gasteiger partial charge in [0, 0.05) is 5.41 Å². The lowest BCUT2D eigenvalue weighted by Crippen LogP contribution is -2.32. The predicted molar refractivity (Wildman–Crippen MR) is 157 cm³/mol. The molecule has 0 heterocycles. The Morgan fingerprint density at radius 1 is 0.763 bits per heavy atom. The molecule has 0 nitrogen and oxygen atoms in total. The topological polar surface area (TPSA) is 0 Å². The average molecular weight is 499 g/mol. The van der Waals surface area contributed by atoms with E-state index in [0.29, 0.717) is 23.7 Å². The lowest BCUT2D eigenvalue weighted by molar-refractivity contribution is 0.228. The fourth-order valence-corrected chi connectivity index (χ4v) is 11.2. The fraction of sp³-hybridized carbons (Fsp3) is 0.526.